The highest BCUT2D eigenvalue weighted by molar-refractivity contribution is 7.91. The topological polar surface area (TPSA) is 94.8 Å². The standard InChI is InChI=1S/C22H24N2O5S2/c1-3-16-10-11-18-19(12-16)30-22(24(18)13-21(26)29-4-2)23-20(25)15-31(27,28)14-17-8-6-5-7-9-17/h5-12H,3-4,13-15H2,1-2H3. The zero-order valence-corrected chi connectivity index (χ0v) is 19.0. The number of carbonyl (C=O) groups excluding carboxylic acids is 2. The van der Waals surface area contributed by atoms with Gasteiger partial charge in [-0.25, -0.2) is 8.42 Å². The van der Waals surface area contributed by atoms with Crippen molar-refractivity contribution in [2.75, 3.05) is 12.4 Å². The zero-order chi connectivity index (χ0) is 22.4. The maximum absolute atomic E-state index is 12.5. The van der Waals surface area contributed by atoms with Crippen LogP contribution in [0.15, 0.2) is 53.5 Å². The highest BCUT2D eigenvalue weighted by atomic mass is 32.2. The number of esters is 1. The van der Waals surface area contributed by atoms with Gasteiger partial charge in [-0.15, -0.1) is 0 Å². The van der Waals surface area contributed by atoms with Crippen molar-refractivity contribution in [1.29, 1.82) is 0 Å². The van der Waals surface area contributed by atoms with Gasteiger partial charge in [0.2, 0.25) is 0 Å². The van der Waals surface area contributed by atoms with Gasteiger partial charge >= 0.3 is 5.97 Å². The van der Waals surface area contributed by atoms with Gasteiger partial charge in [0.1, 0.15) is 12.3 Å². The number of benzene rings is 2. The fraction of sp³-hybridized carbons (Fsp3) is 0.318. The third-order valence-electron chi connectivity index (χ3n) is 4.54. The lowest BCUT2D eigenvalue weighted by Gasteiger charge is -2.06. The molecule has 0 N–H and O–H groups in total. The van der Waals surface area contributed by atoms with Crippen molar-refractivity contribution in [2.45, 2.75) is 32.6 Å². The molecule has 1 amide bonds. The van der Waals surface area contributed by atoms with Crippen LogP contribution in [-0.2, 0) is 42.9 Å². The first-order valence-electron chi connectivity index (χ1n) is 9.91. The van der Waals surface area contributed by atoms with Crippen molar-refractivity contribution in [1.82, 2.24) is 4.57 Å². The van der Waals surface area contributed by atoms with E-state index >= 15 is 0 Å². The van der Waals surface area contributed by atoms with Crippen LogP contribution >= 0.6 is 11.3 Å². The van der Waals surface area contributed by atoms with Crippen LogP contribution in [0.25, 0.3) is 10.2 Å². The van der Waals surface area contributed by atoms with Crippen LogP contribution in [0.2, 0.25) is 0 Å². The van der Waals surface area contributed by atoms with Crippen molar-refractivity contribution in [3.8, 4) is 0 Å². The summed E-state index contributed by atoms with van der Waals surface area (Å²) < 4.78 is 32.4. The number of fused-ring (bicyclic) bond motifs is 1. The lowest BCUT2D eigenvalue weighted by Crippen LogP contribution is -2.25. The summed E-state index contributed by atoms with van der Waals surface area (Å²) in [6.07, 6.45) is 0.842. The molecule has 1 heterocycles. The van der Waals surface area contributed by atoms with Crippen LogP contribution < -0.4 is 4.80 Å². The van der Waals surface area contributed by atoms with E-state index in [1.54, 1.807) is 41.8 Å². The average molecular weight is 461 g/mol. The summed E-state index contributed by atoms with van der Waals surface area (Å²) in [6, 6.07) is 14.5. The molecule has 164 valence electrons. The number of amides is 1. The Labute approximate surface area is 184 Å². The molecule has 0 saturated carbocycles. The first-order valence-corrected chi connectivity index (χ1v) is 12.5. The third kappa shape index (κ3) is 6.11. The Balaban J connectivity index is 1.93. The van der Waals surface area contributed by atoms with Crippen LogP contribution in [-0.4, -0.2) is 37.2 Å². The van der Waals surface area contributed by atoms with Crippen LogP contribution in [0.1, 0.15) is 25.0 Å². The fourth-order valence-electron chi connectivity index (χ4n) is 3.12. The van der Waals surface area contributed by atoms with Gasteiger partial charge in [-0.2, -0.15) is 4.99 Å². The predicted molar refractivity (Wildman–Crippen MR) is 120 cm³/mol. The van der Waals surface area contributed by atoms with Crippen molar-refractivity contribution < 1.29 is 22.7 Å². The summed E-state index contributed by atoms with van der Waals surface area (Å²) in [5, 5.41) is 0. The average Bonchev–Trinajstić information content (AvgIpc) is 3.03. The van der Waals surface area contributed by atoms with Gasteiger partial charge in [0.15, 0.2) is 14.6 Å². The Morgan fingerprint density at radius 2 is 1.81 bits per heavy atom. The van der Waals surface area contributed by atoms with E-state index in [0.717, 1.165) is 22.2 Å². The van der Waals surface area contributed by atoms with Gasteiger partial charge in [-0.3, -0.25) is 9.59 Å². The monoisotopic (exact) mass is 460 g/mol. The van der Waals surface area contributed by atoms with E-state index in [4.69, 9.17) is 4.74 Å². The molecule has 7 nitrogen and oxygen atoms in total. The Morgan fingerprint density at radius 1 is 1.06 bits per heavy atom. The molecule has 3 aromatic rings. The lowest BCUT2D eigenvalue weighted by molar-refractivity contribution is -0.143. The van der Waals surface area contributed by atoms with Gasteiger partial charge in [-0.1, -0.05) is 54.7 Å². The number of nitrogens with zero attached hydrogens (tertiary/aromatic N) is 2. The molecule has 0 bridgehead atoms. The summed E-state index contributed by atoms with van der Waals surface area (Å²) in [7, 11) is -3.68. The molecule has 0 unspecified atom stereocenters. The second kappa shape index (κ2) is 10.0. The van der Waals surface area contributed by atoms with E-state index < -0.39 is 27.5 Å². The van der Waals surface area contributed by atoms with Crippen LogP contribution in [0.4, 0.5) is 0 Å². The Bertz CT molecular complexity index is 1260. The third-order valence-corrected chi connectivity index (χ3v) is 7.04. The number of aryl methyl sites for hydroxylation is 1. The zero-order valence-electron chi connectivity index (χ0n) is 17.4. The molecule has 0 atom stereocenters. The Morgan fingerprint density at radius 3 is 2.48 bits per heavy atom. The molecule has 0 fully saturated rings. The van der Waals surface area contributed by atoms with Gasteiger partial charge < -0.3 is 9.30 Å². The predicted octanol–water partition coefficient (Wildman–Crippen LogP) is 2.87. The molecule has 9 heteroatoms. The van der Waals surface area contributed by atoms with Crippen LogP contribution in [0, 0.1) is 0 Å². The molecule has 0 aliphatic rings. The Kier molecular flexibility index (Phi) is 7.40. The van der Waals surface area contributed by atoms with E-state index in [9.17, 15) is 18.0 Å². The summed E-state index contributed by atoms with van der Waals surface area (Å²) in [5.41, 5.74) is 2.47. The van der Waals surface area contributed by atoms with Crippen molar-refractivity contribution >= 4 is 43.3 Å². The van der Waals surface area contributed by atoms with Gasteiger partial charge in [0, 0.05) is 0 Å². The number of rotatable bonds is 8. The fourth-order valence-corrected chi connectivity index (χ4v) is 5.47. The molecule has 2 aromatic carbocycles. The molecule has 0 radical (unpaired) electrons. The summed E-state index contributed by atoms with van der Waals surface area (Å²) >= 11 is 1.24. The minimum Gasteiger partial charge on any atom is -0.465 e. The van der Waals surface area contributed by atoms with E-state index in [2.05, 4.69) is 4.99 Å². The maximum atomic E-state index is 12.5. The number of sulfone groups is 1. The van der Waals surface area contributed by atoms with Gasteiger partial charge in [0.25, 0.3) is 5.91 Å². The van der Waals surface area contributed by atoms with Crippen molar-refractivity contribution in [2.24, 2.45) is 4.99 Å². The molecule has 0 aliphatic heterocycles. The number of carbonyl (C=O) groups is 2. The molecular weight excluding hydrogens is 436 g/mol. The molecular formula is C22H24N2O5S2. The van der Waals surface area contributed by atoms with Crippen LogP contribution in [0.5, 0.6) is 0 Å². The molecule has 3 rings (SSSR count). The molecule has 0 aliphatic carbocycles. The normalized spacial score (nSPS) is 12.3. The molecule has 0 spiro atoms. The number of ether oxygens (including phenoxy) is 1. The van der Waals surface area contributed by atoms with E-state index in [0.29, 0.717) is 5.56 Å². The summed E-state index contributed by atoms with van der Waals surface area (Å²) in [4.78, 5) is 28.9. The quantitative estimate of drug-likeness (QED) is 0.482. The SMILES string of the molecule is CCOC(=O)Cn1c(=NC(=O)CS(=O)(=O)Cc2ccccc2)sc2cc(CC)ccc21. The van der Waals surface area contributed by atoms with Gasteiger partial charge in [-0.05, 0) is 36.6 Å². The summed E-state index contributed by atoms with van der Waals surface area (Å²) in [5.74, 6) is -2.15. The van der Waals surface area contributed by atoms with E-state index in [-0.39, 0.29) is 23.7 Å². The largest absolute Gasteiger partial charge is 0.465 e. The highest BCUT2D eigenvalue weighted by Crippen LogP contribution is 2.20. The number of hydrogen-bond acceptors (Lipinski definition) is 6. The number of hydrogen-bond donors (Lipinski definition) is 0. The first kappa shape index (κ1) is 22.9. The smallest absolute Gasteiger partial charge is 0.326 e. The number of thiazole rings is 1. The van der Waals surface area contributed by atoms with E-state index in [1.807, 2.05) is 25.1 Å². The molecule has 31 heavy (non-hydrogen) atoms. The second-order valence-corrected chi connectivity index (χ2v) is 10.0. The minimum atomic E-state index is -3.68. The van der Waals surface area contributed by atoms with Crippen molar-refractivity contribution in [3.05, 3.63) is 64.5 Å². The second-order valence-electron chi connectivity index (χ2n) is 6.95. The highest BCUT2D eigenvalue weighted by Gasteiger charge is 2.18. The Hall–Kier alpha value is -2.78. The summed E-state index contributed by atoms with van der Waals surface area (Å²) in [6.45, 7) is 3.88. The van der Waals surface area contributed by atoms with Gasteiger partial charge in [0.05, 0.1) is 22.6 Å². The molecule has 1 aromatic heterocycles. The molecule has 0 saturated heterocycles. The first-order chi connectivity index (χ1) is 14.8. The maximum Gasteiger partial charge on any atom is 0.326 e. The minimum absolute atomic E-state index is 0.109. The van der Waals surface area contributed by atoms with E-state index in [1.165, 1.54) is 11.3 Å². The lowest BCUT2D eigenvalue weighted by atomic mass is 10.2. The number of aromatic nitrogens is 1. The van der Waals surface area contributed by atoms with Crippen molar-refractivity contribution in [3.63, 3.8) is 0 Å². The van der Waals surface area contributed by atoms with Crippen LogP contribution in [0.3, 0.4) is 0 Å².